The van der Waals surface area contributed by atoms with Crippen LogP contribution in [0, 0.1) is 12.7 Å². The first-order valence-electron chi connectivity index (χ1n) is 4.97. The molecule has 1 atom stereocenters. The van der Waals surface area contributed by atoms with Crippen LogP contribution in [0.25, 0.3) is 0 Å². The number of halogens is 1. The minimum absolute atomic E-state index is 0.127. The number of carbonyl (C=O) groups excluding carboxylic acids is 1. The zero-order chi connectivity index (χ0) is 12.1. The molecular formula is C11H15FN2O2. The molecule has 0 aliphatic rings. The smallest absolute Gasteiger partial charge is 0.319 e. The Morgan fingerprint density at radius 3 is 2.88 bits per heavy atom. The molecule has 0 spiro atoms. The molecule has 0 aromatic heterocycles. The van der Waals surface area contributed by atoms with E-state index in [2.05, 4.69) is 10.6 Å². The quantitative estimate of drug-likeness (QED) is 0.733. The fraction of sp³-hybridized carbons (Fsp3) is 0.364. The molecule has 5 heteroatoms. The van der Waals surface area contributed by atoms with Gasteiger partial charge in [0.25, 0.3) is 0 Å². The van der Waals surface area contributed by atoms with E-state index in [1.165, 1.54) is 6.07 Å². The molecule has 1 aromatic rings. The summed E-state index contributed by atoms with van der Waals surface area (Å²) in [6.45, 7) is 3.29. The molecule has 4 nitrogen and oxygen atoms in total. The Kier molecular flexibility index (Phi) is 4.25. The first kappa shape index (κ1) is 12.4. The van der Waals surface area contributed by atoms with Gasteiger partial charge in [0.05, 0.1) is 18.3 Å². The Morgan fingerprint density at radius 2 is 2.25 bits per heavy atom. The summed E-state index contributed by atoms with van der Waals surface area (Å²) < 4.78 is 13.3. The summed E-state index contributed by atoms with van der Waals surface area (Å²) in [5.41, 5.74) is 0.981. The minimum Gasteiger partial charge on any atom is -0.394 e. The number of aliphatic hydroxyl groups is 1. The van der Waals surface area contributed by atoms with E-state index in [-0.39, 0.29) is 18.3 Å². The Hall–Kier alpha value is -1.62. The summed E-state index contributed by atoms with van der Waals surface area (Å²) in [6, 6.07) is 3.55. The van der Waals surface area contributed by atoms with E-state index in [9.17, 15) is 9.18 Å². The molecule has 0 saturated carbocycles. The highest BCUT2D eigenvalue weighted by Crippen LogP contribution is 2.15. The summed E-state index contributed by atoms with van der Waals surface area (Å²) in [4.78, 5) is 11.3. The molecular weight excluding hydrogens is 211 g/mol. The van der Waals surface area contributed by atoms with Gasteiger partial charge in [0.2, 0.25) is 0 Å². The Bertz CT molecular complexity index is 382. The van der Waals surface area contributed by atoms with Gasteiger partial charge in [-0.25, -0.2) is 9.18 Å². The van der Waals surface area contributed by atoms with Crippen molar-refractivity contribution in [2.45, 2.75) is 19.9 Å². The van der Waals surface area contributed by atoms with E-state index >= 15 is 0 Å². The van der Waals surface area contributed by atoms with E-state index < -0.39 is 11.8 Å². The third kappa shape index (κ3) is 3.51. The number of aryl methyl sites for hydroxylation is 1. The molecule has 0 fully saturated rings. The predicted octanol–water partition coefficient (Wildman–Crippen LogP) is 1.64. The van der Waals surface area contributed by atoms with Crippen LogP contribution in [0.1, 0.15) is 12.5 Å². The number of hydrogen-bond donors (Lipinski definition) is 3. The lowest BCUT2D eigenvalue weighted by Crippen LogP contribution is -2.38. The molecule has 1 rings (SSSR count). The van der Waals surface area contributed by atoms with Crippen LogP contribution >= 0.6 is 0 Å². The third-order valence-corrected chi connectivity index (χ3v) is 2.02. The number of rotatable bonds is 3. The van der Waals surface area contributed by atoms with Gasteiger partial charge in [0.1, 0.15) is 5.82 Å². The molecule has 3 N–H and O–H groups in total. The highest BCUT2D eigenvalue weighted by Gasteiger charge is 2.08. The number of urea groups is 1. The molecule has 0 aliphatic heterocycles. The molecule has 0 heterocycles. The summed E-state index contributed by atoms with van der Waals surface area (Å²) in [7, 11) is 0. The maximum atomic E-state index is 13.3. The fourth-order valence-electron chi connectivity index (χ4n) is 1.16. The number of aliphatic hydroxyl groups excluding tert-OH is 1. The van der Waals surface area contributed by atoms with Crippen molar-refractivity contribution in [2.24, 2.45) is 0 Å². The third-order valence-electron chi connectivity index (χ3n) is 2.02. The van der Waals surface area contributed by atoms with Crippen LogP contribution in [0.3, 0.4) is 0 Å². The van der Waals surface area contributed by atoms with Crippen LogP contribution in [0.15, 0.2) is 18.2 Å². The number of nitrogens with one attached hydrogen (secondary N) is 2. The maximum Gasteiger partial charge on any atom is 0.319 e. The van der Waals surface area contributed by atoms with Crippen molar-refractivity contribution in [1.82, 2.24) is 5.32 Å². The zero-order valence-corrected chi connectivity index (χ0v) is 9.25. The number of amides is 2. The molecule has 88 valence electrons. The summed E-state index contributed by atoms with van der Waals surface area (Å²) >= 11 is 0. The molecule has 2 amide bonds. The average molecular weight is 226 g/mol. The number of hydrogen-bond acceptors (Lipinski definition) is 2. The van der Waals surface area contributed by atoms with E-state index in [4.69, 9.17) is 5.11 Å². The van der Waals surface area contributed by atoms with Gasteiger partial charge in [-0.1, -0.05) is 6.07 Å². The van der Waals surface area contributed by atoms with Crippen molar-refractivity contribution in [3.8, 4) is 0 Å². The van der Waals surface area contributed by atoms with E-state index in [0.717, 1.165) is 5.56 Å². The monoisotopic (exact) mass is 226 g/mol. The van der Waals surface area contributed by atoms with Gasteiger partial charge in [0, 0.05) is 0 Å². The lowest BCUT2D eigenvalue weighted by molar-refractivity contribution is 0.229. The Balaban J connectivity index is 2.65. The molecule has 0 aliphatic carbocycles. The molecule has 0 saturated heterocycles. The van der Waals surface area contributed by atoms with Gasteiger partial charge >= 0.3 is 6.03 Å². The van der Waals surface area contributed by atoms with E-state index in [0.29, 0.717) is 0 Å². The molecule has 1 aromatic carbocycles. The van der Waals surface area contributed by atoms with Gasteiger partial charge in [-0.2, -0.15) is 0 Å². The van der Waals surface area contributed by atoms with Crippen molar-refractivity contribution in [3.63, 3.8) is 0 Å². The second-order valence-electron chi connectivity index (χ2n) is 3.67. The van der Waals surface area contributed by atoms with Gasteiger partial charge in [-0.05, 0) is 31.5 Å². The van der Waals surface area contributed by atoms with Crippen molar-refractivity contribution < 1.29 is 14.3 Å². The van der Waals surface area contributed by atoms with Crippen molar-refractivity contribution in [1.29, 1.82) is 0 Å². The van der Waals surface area contributed by atoms with Gasteiger partial charge in [-0.3, -0.25) is 0 Å². The molecule has 1 unspecified atom stereocenters. The normalized spacial score (nSPS) is 12.0. The van der Waals surface area contributed by atoms with Crippen LogP contribution in [-0.4, -0.2) is 23.8 Å². The first-order chi connectivity index (χ1) is 7.52. The lowest BCUT2D eigenvalue weighted by atomic mass is 10.2. The first-order valence-corrected chi connectivity index (χ1v) is 4.97. The predicted molar refractivity (Wildman–Crippen MR) is 59.8 cm³/mol. The second kappa shape index (κ2) is 5.46. The van der Waals surface area contributed by atoms with E-state index in [1.54, 1.807) is 26.0 Å². The van der Waals surface area contributed by atoms with E-state index in [1.807, 2.05) is 0 Å². The molecule has 16 heavy (non-hydrogen) atoms. The van der Waals surface area contributed by atoms with Crippen LogP contribution in [0.4, 0.5) is 14.9 Å². The van der Waals surface area contributed by atoms with Crippen molar-refractivity contribution >= 4 is 11.7 Å². The van der Waals surface area contributed by atoms with Crippen LogP contribution in [0.5, 0.6) is 0 Å². The molecule has 0 bridgehead atoms. The largest absolute Gasteiger partial charge is 0.394 e. The van der Waals surface area contributed by atoms with Gasteiger partial charge < -0.3 is 15.7 Å². The summed E-state index contributed by atoms with van der Waals surface area (Å²) in [5.74, 6) is -0.489. The number of carbonyl (C=O) groups is 1. The zero-order valence-electron chi connectivity index (χ0n) is 9.25. The number of benzene rings is 1. The van der Waals surface area contributed by atoms with Gasteiger partial charge in [0.15, 0.2) is 0 Å². The van der Waals surface area contributed by atoms with Crippen LogP contribution in [0.2, 0.25) is 0 Å². The highest BCUT2D eigenvalue weighted by molar-refractivity contribution is 5.89. The highest BCUT2D eigenvalue weighted by atomic mass is 19.1. The lowest BCUT2D eigenvalue weighted by Gasteiger charge is -2.12. The average Bonchev–Trinajstić information content (AvgIpc) is 2.23. The Morgan fingerprint density at radius 1 is 1.56 bits per heavy atom. The van der Waals surface area contributed by atoms with Gasteiger partial charge in [-0.15, -0.1) is 0 Å². The minimum atomic E-state index is -0.536. The summed E-state index contributed by atoms with van der Waals surface area (Å²) in [5, 5.41) is 13.6. The maximum absolute atomic E-state index is 13.3. The topological polar surface area (TPSA) is 61.4 Å². The SMILES string of the molecule is Cc1ccc(F)c(NC(=O)NC(C)CO)c1. The standard InChI is InChI=1S/C11H15FN2O2/c1-7-3-4-9(12)10(5-7)14-11(16)13-8(2)6-15/h3-5,8,15H,6H2,1-2H3,(H2,13,14,16). The second-order valence-corrected chi connectivity index (χ2v) is 3.67. The summed E-state index contributed by atoms with van der Waals surface area (Å²) in [6.07, 6.45) is 0. The fourth-order valence-corrected chi connectivity index (χ4v) is 1.16. The number of anilines is 1. The van der Waals surface area contributed by atoms with Crippen LogP contribution in [-0.2, 0) is 0 Å². The Labute approximate surface area is 93.5 Å². The molecule has 0 radical (unpaired) electrons. The van der Waals surface area contributed by atoms with Crippen LogP contribution < -0.4 is 10.6 Å². The van der Waals surface area contributed by atoms with Crippen molar-refractivity contribution in [3.05, 3.63) is 29.6 Å². The van der Waals surface area contributed by atoms with Crippen molar-refractivity contribution in [2.75, 3.05) is 11.9 Å².